The lowest BCUT2D eigenvalue weighted by Gasteiger charge is -2.06. The predicted octanol–water partition coefficient (Wildman–Crippen LogP) is 4.71. The number of aromatic nitrogens is 3. The van der Waals surface area contributed by atoms with Gasteiger partial charge >= 0.3 is 0 Å². The van der Waals surface area contributed by atoms with E-state index >= 15 is 0 Å². The number of anilines is 1. The Hall–Kier alpha value is -3.58. The van der Waals surface area contributed by atoms with Crippen molar-refractivity contribution < 1.29 is 14.1 Å². The number of para-hydroxylation sites is 1. The molecule has 8 heteroatoms. The molecule has 0 spiro atoms. The summed E-state index contributed by atoms with van der Waals surface area (Å²) in [4.78, 5) is 12.7. The first kappa shape index (κ1) is 19.7. The molecule has 4 aromatic rings. The molecule has 4 rings (SSSR count). The fourth-order valence-electron chi connectivity index (χ4n) is 2.88. The van der Waals surface area contributed by atoms with Crippen molar-refractivity contribution in [3.8, 4) is 5.75 Å². The summed E-state index contributed by atoms with van der Waals surface area (Å²) in [6, 6.07) is 18.6. The van der Waals surface area contributed by atoms with E-state index in [0.29, 0.717) is 34.5 Å². The Morgan fingerprint density at radius 3 is 2.67 bits per heavy atom. The van der Waals surface area contributed by atoms with Crippen LogP contribution in [0.15, 0.2) is 71.4 Å². The van der Waals surface area contributed by atoms with Gasteiger partial charge in [-0.15, -0.1) is 0 Å². The van der Waals surface area contributed by atoms with Gasteiger partial charge in [-0.05, 0) is 36.8 Å². The molecule has 0 radical (unpaired) electrons. The van der Waals surface area contributed by atoms with Crippen molar-refractivity contribution in [2.75, 3.05) is 5.32 Å². The van der Waals surface area contributed by atoms with Crippen LogP contribution in [0.25, 0.3) is 0 Å². The second-order valence-corrected chi connectivity index (χ2v) is 7.08. The molecule has 152 valence electrons. The molecule has 0 bridgehead atoms. The molecule has 1 N–H and O–H groups in total. The lowest BCUT2D eigenvalue weighted by molar-refractivity contribution is 0.101. The van der Waals surface area contributed by atoms with E-state index in [2.05, 4.69) is 15.6 Å². The summed E-state index contributed by atoms with van der Waals surface area (Å²) in [7, 11) is 0. The average molecular weight is 423 g/mol. The summed E-state index contributed by atoms with van der Waals surface area (Å²) in [5.41, 5.74) is 1.82. The van der Waals surface area contributed by atoms with Gasteiger partial charge in [0.25, 0.3) is 5.91 Å². The minimum absolute atomic E-state index is 0.174. The van der Waals surface area contributed by atoms with Gasteiger partial charge in [0.05, 0.1) is 12.1 Å². The number of aryl methyl sites for hydroxylation is 1. The van der Waals surface area contributed by atoms with Crippen LogP contribution in [0.5, 0.6) is 5.75 Å². The van der Waals surface area contributed by atoms with Crippen LogP contribution >= 0.6 is 11.6 Å². The molecule has 30 heavy (non-hydrogen) atoms. The number of nitrogens with one attached hydrogen (secondary N) is 1. The number of carbonyl (C=O) groups is 1. The van der Waals surface area contributed by atoms with Gasteiger partial charge in [-0.3, -0.25) is 9.48 Å². The third-order valence-electron chi connectivity index (χ3n) is 4.47. The van der Waals surface area contributed by atoms with Crippen molar-refractivity contribution in [2.45, 2.75) is 20.1 Å². The molecule has 2 aromatic carbocycles. The summed E-state index contributed by atoms with van der Waals surface area (Å²) >= 11 is 5.91. The minimum Gasteiger partial charge on any atom is -0.489 e. The fraction of sp³-hybridized carbons (Fsp3) is 0.136. The first-order valence-corrected chi connectivity index (χ1v) is 9.68. The number of benzene rings is 2. The van der Waals surface area contributed by atoms with Crippen molar-refractivity contribution in [1.29, 1.82) is 0 Å². The van der Waals surface area contributed by atoms with E-state index in [1.165, 1.54) is 0 Å². The van der Waals surface area contributed by atoms with E-state index in [9.17, 15) is 4.79 Å². The monoisotopic (exact) mass is 422 g/mol. The lowest BCUT2D eigenvalue weighted by Crippen LogP contribution is -2.16. The number of carbonyl (C=O) groups excluding carboxylic acids is 1. The Bertz CT molecular complexity index is 1140. The van der Waals surface area contributed by atoms with E-state index in [-0.39, 0.29) is 12.3 Å². The third-order valence-corrected chi connectivity index (χ3v) is 4.72. The van der Waals surface area contributed by atoms with Crippen LogP contribution < -0.4 is 10.1 Å². The number of hydrogen-bond donors (Lipinski definition) is 1. The SMILES string of the molecule is Cc1onc(C(=O)Nc2ccn(Cc3ccc(Cl)cc3)n2)c1COc1ccccc1. The predicted molar refractivity (Wildman–Crippen MR) is 113 cm³/mol. The first-order chi connectivity index (χ1) is 14.6. The highest BCUT2D eigenvalue weighted by Crippen LogP contribution is 2.19. The normalized spacial score (nSPS) is 10.7. The molecule has 0 saturated heterocycles. The van der Waals surface area contributed by atoms with E-state index in [4.69, 9.17) is 20.9 Å². The number of hydrogen-bond acceptors (Lipinski definition) is 5. The van der Waals surface area contributed by atoms with Crippen molar-refractivity contribution in [3.63, 3.8) is 0 Å². The Morgan fingerprint density at radius 1 is 1.13 bits per heavy atom. The van der Waals surface area contributed by atoms with Crippen LogP contribution in [0, 0.1) is 6.92 Å². The van der Waals surface area contributed by atoms with Gasteiger partial charge in [0.1, 0.15) is 18.1 Å². The lowest BCUT2D eigenvalue weighted by atomic mass is 10.2. The van der Waals surface area contributed by atoms with Crippen molar-refractivity contribution in [3.05, 3.63) is 94.5 Å². The number of amides is 1. The second kappa shape index (κ2) is 8.84. The highest BCUT2D eigenvalue weighted by atomic mass is 35.5. The highest BCUT2D eigenvalue weighted by molar-refractivity contribution is 6.30. The number of rotatable bonds is 7. The van der Waals surface area contributed by atoms with Crippen LogP contribution in [0.1, 0.15) is 27.4 Å². The Labute approximate surface area is 178 Å². The highest BCUT2D eigenvalue weighted by Gasteiger charge is 2.21. The largest absolute Gasteiger partial charge is 0.489 e. The van der Waals surface area contributed by atoms with Crippen LogP contribution in [0.4, 0.5) is 5.82 Å². The number of halogens is 1. The molecule has 2 aromatic heterocycles. The molecule has 0 fully saturated rings. The summed E-state index contributed by atoms with van der Waals surface area (Å²) in [5, 5.41) is 11.7. The standard InChI is InChI=1S/C22H19ClN4O3/c1-15-19(14-29-18-5-3-2-4-6-18)21(26-30-15)22(28)24-20-11-12-27(25-20)13-16-7-9-17(23)10-8-16/h2-12H,13-14H2,1H3,(H,24,25,28). The van der Waals surface area contributed by atoms with Crippen molar-refractivity contribution in [1.82, 2.24) is 14.9 Å². The van der Waals surface area contributed by atoms with E-state index in [1.807, 2.05) is 54.6 Å². The smallest absolute Gasteiger partial charge is 0.279 e. The maximum atomic E-state index is 12.7. The van der Waals surface area contributed by atoms with Gasteiger partial charge in [-0.2, -0.15) is 5.10 Å². The molecule has 0 aliphatic rings. The first-order valence-electron chi connectivity index (χ1n) is 9.31. The van der Waals surface area contributed by atoms with Gasteiger partial charge in [0, 0.05) is 17.3 Å². The zero-order chi connectivity index (χ0) is 20.9. The maximum Gasteiger partial charge on any atom is 0.279 e. The molecular formula is C22H19ClN4O3. The molecule has 0 atom stereocenters. The van der Waals surface area contributed by atoms with Gasteiger partial charge in [-0.1, -0.05) is 47.1 Å². The van der Waals surface area contributed by atoms with Gasteiger partial charge < -0.3 is 14.6 Å². The Balaban J connectivity index is 1.42. The van der Waals surface area contributed by atoms with Gasteiger partial charge in [-0.25, -0.2) is 0 Å². The number of nitrogens with zero attached hydrogens (tertiary/aromatic N) is 3. The van der Waals surface area contributed by atoms with E-state index in [0.717, 1.165) is 5.56 Å². The van der Waals surface area contributed by atoms with E-state index < -0.39 is 5.91 Å². The van der Waals surface area contributed by atoms with Gasteiger partial charge in [0.2, 0.25) is 0 Å². The molecule has 7 nitrogen and oxygen atoms in total. The topological polar surface area (TPSA) is 82.2 Å². The van der Waals surface area contributed by atoms with Crippen LogP contribution in [0.2, 0.25) is 5.02 Å². The van der Waals surface area contributed by atoms with E-state index in [1.54, 1.807) is 23.9 Å². The summed E-state index contributed by atoms with van der Waals surface area (Å²) in [5.74, 6) is 1.24. The second-order valence-electron chi connectivity index (χ2n) is 6.65. The molecule has 2 heterocycles. The summed E-state index contributed by atoms with van der Waals surface area (Å²) in [6.07, 6.45) is 1.79. The molecule has 0 aliphatic heterocycles. The molecule has 0 aliphatic carbocycles. The molecule has 0 unspecified atom stereocenters. The summed E-state index contributed by atoms with van der Waals surface area (Å²) in [6.45, 7) is 2.48. The van der Waals surface area contributed by atoms with Crippen molar-refractivity contribution >= 4 is 23.3 Å². The van der Waals surface area contributed by atoms with Crippen LogP contribution in [-0.2, 0) is 13.2 Å². The zero-order valence-electron chi connectivity index (χ0n) is 16.2. The van der Waals surface area contributed by atoms with Gasteiger partial charge in [0.15, 0.2) is 11.5 Å². The Kier molecular flexibility index (Phi) is 5.81. The third kappa shape index (κ3) is 4.69. The molecular weight excluding hydrogens is 404 g/mol. The molecule has 1 amide bonds. The zero-order valence-corrected chi connectivity index (χ0v) is 17.0. The summed E-state index contributed by atoms with van der Waals surface area (Å²) < 4.78 is 12.7. The Morgan fingerprint density at radius 2 is 1.90 bits per heavy atom. The quantitative estimate of drug-likeness (QED) is 0.466. The van der Waals surface area contributed by atoms with Crippen LogP contribution in [0.3, 0.4) is 0 Å². The fourth-order valence-corrected chi connectivity index (χ4v) is 3.01. The van der Waals surface area contributed by atoms with Crippen molar-refractivity contribution in [2.24, 2.45) is 0 Å². The minimum atomic E-state index is -0.407. The number of ether oxygens (including phenoxy) is 1. The van der Waals surface area contributed by atoms with Crippen LogP contribution in [-0.4, -0.2) is 20.8 Å². The average Bonchev–Trinajstić information content (AvgIpc) is 3.35. The molecule has 0 saturated carbocycles. The maximum absolute atomic E-state index is 12.7.